The first kappa shape index (κ1) is 21.4. The Labute approximate surface area is 184 Å². The van der Waals surface area contributed by atoms with Gasteiger partial charge in [-0.15, -0.1) is 0 Å². The molecule has 0 atom stereocenters. The summed E-state index contributed by atoms with van der Waals surface area (Å²) in [5.74, 6) is -0.482. The van der Waals surface area contributed by atoms with Gasteiger partial charge in [0, 0.05) is 37.1 Å². The molecule has 2 aliphatic rings. The van der Waals surface area contributed by atoms with Crippen molar-refractivity contribution in [1.82, 2.24) is 14.7 Å². The molecule has 0 saturated carbocycles. The number of benzene rings is 1. The molecule has 2 aromatic rings. The number of amides is 4. The zero-order chi connectivity index (χ0) is 22.5. The van der Waals surface area contributed by atoms with Crippen molar-refractivity contribution in [3.63, 3.8) is 0 Å². The van der Waals surface area contributed by atoms with Crippen molar-refractivity contribution in [3.8, 4) is 0 Å². The second-order valence-electron chi connectivity index (χ2n) is 8.60. The number of hydrogen-bond donors (Lipinski definition) is 0. The maximum absolute atomic E-state index is 13.1. The van der Waals surface area contributed by atoms with Crippen LogP contribution in [0, 0.1) is 5.92 Å². The van der Waals surface area contributed by atoms with Crippen molar-refractivity contribution in [2.75, 3.05) is 26.7 Å². The number of piperidine rings is 1. The second-order valence-corrected chi connectivity index (χ2v) is 9.04. The van der Waals surface area contributed by atoms with Crippen molar-refractivity contribution in [3.05, 3.63) is 45.3 Å². The van der Waals surface area contributed by atoms with Crippen LogP contribution < -0.4 is 5.63 Å². The lowest BCUT2D eigenvalue weighted by molar-refractivity contribution is -0.134. The number of imide groups is 1. The first-order valence-corrected chi connectivity index (χ1v) is 10.6. The van der Waals surface area contributed by atoms with Crippen LogP contribution in [0.15, 0.2) is 33.5 Å². The highest BCUT2D eigenvalue weighted by Crippen LogP contribution is 2.37. The van der Waals surface area contributed by atoms with E-state index in [1.807, 2.05) is 13.8 Å². The van der Waals surface area contributed by atoms with Crippen LogP contribution >= 0.6 is 11.6 Å². The lowest BCUT2D eigenvalue weighted by Crippen LogP contribution is -2.58. The first-order chi connectivity index (χ1) is 14.6. The fraction of sp³-hybridized carbons (Fsp3) is 0.455. The highest BCUT2D eigenvalue weighted by Gasteiger charge is 2.57. The molecule has 0 N–H and O–H groups in total. The lowest BCUT2D eigenvalue weighted by atomic mass is 9.85. The van der Waals surface area contributed by atoms with Gasteiger partial charge in [-0.25, -0.2) is 9.59 Å². The van der Waals surface area contributed by atoms with Gasteiger partial charge in [0.25, 0.3) is 11.8 Å². The van der Waals surface area contributed by atoms with Gasteiger partial charge in [0.05, 0.1) is 0 Å². The molecule has 9 heteroatoms. The molecular formula is C22H24ClN3O5. The Morgan fingerprint density at radius 2 is 1.84 bits per heavy atom. The average Bonchev–Trinajstić information content (AvgIpc) is 2.89. The van der Waals surface area contributed by atoms with E-state index >= 15 is 0 Å². The van der Waals surface area contributed by atoms with Gasteiger partial charge < -0.3 is 14.2 Å². The quantitative estimate of drug-likeness (QED) is 0.535. The summed E-state index contributed by atoms with van der Waals surface area (Å²) < 4.78 is 5.28. The summed E-state index contributed by atoms with van der Waals surface area (Å²) >= 11 is 6.01. The average molecular weight is 446 g/mol. The van der Waals surface area contributed by atoms with Crippen LogP contribution in [-0.2, 0) is 4.79 Å². The van der Waals surface area contributed by atoms with Crippen LogP contribution in [-0.4, -0.2) is 64.8 Å². The standard InChI is InChI=1S/C22H24ClN3O5/c1-13(2)12-26-21(30)24(3)20(29)22(26)6-8-25(9-7-22)18(27)16-11-14-10-15(23)4-5-17(14)31-19(16)28/h4-5,10-11,13H,6-9,12H2,1-3H3. The van der Waals surface area contributed by atoms with Gasteiger partial charge in [-0.3, -0.25) is 14.5 Å². The summed E-state index contributed by atoms with van der Waals surface area (Å²) in [5, 5.41) is 1.03. The number of likely N-dealkylation sites (tertiary alicyclic amines) is 1. The summed E-state index contributed by atoms with van der Waals surface area (Å²) in [6, 6.07) is 6.01. The minimum atomic E-state index is -0.936. The molecule has 3 heterocycles. The minimum absolute atomic E-state index is 0.0734. The first-order valence-electron chi connectivity index (χ1n) is 10.3. The third kappa shape index (κ3) is 3.48. The molecule has 1 aromatic heterocycles. The van der Waals surface area contributed by atoms with Gasteiger partial charge in [-0.2, -0.15) is 0 Å². The van der Waals surface area contributed by atoms with Crippen molar-refractivity contribution < 1.29 is 18.8 Å². The highest BCUT2D eigenvalue weighted by molar-refractivity contribution is 6.31. The van der Waals surface area contributed by atoms with Gasteiger partial charge in [0.15, 0.2) is 0 Å². The summed E-state index contributed by atoms with van der Waals surface area (Å²) in [4.78, 5) is 55.4. The number of urea groups is 1. The SMILES string of the molecule is CC(C)CN1C(=O)N(C)C(=O)C12CCN(C(=O)c1cc3cc(Cl)ccc3oc1=O)CC2. The number of nitrogens with zero attached hydrogens (tertiary/aromatic N) is 3. The monoisotopic (exact) mass is 445 g/mol. The summed E-state index contributed by atoms with van der Waals surface area (Å²) in [7, 11) is 1.50. The predicted molar refractivity (Wildman–Crippen MR) is 115 cm³/mol. The van der Waals surface area contributed by atoms with Crippen LogP contribution in [0.4, 0.5) is 4.79 Å². The van der Waals surface area contributed by atoms with Gasteiger partial charge in [0.2, 0.25) is 0 Å². The molecule has 2 fully saturated rings. The Kier molecular flexibility index (Phi) is 5.29. The Hall–Kier alpha value is -2.87. The predicted octanol–water partition coefficient (Wildman–Crippen LogP) is 2.97. The van der Waals surface area contributed by atoms with Crippen LogP contribution in [0.3, 0.4) is 0 Å². The molecule has 1 spiro atoms. The van der Waals surface area contributed by atoms with Crippen molar-refractivity contribution >= 4 is 40.4 Å². The molecule has 0 unspecified atom stereocenters. The molecule has 1 aromatic carbocycles. The molecule has 2 aliphatic heterocycles. The molecule has 0 radical (unpaired) electrons. The van der Waals surface area contributed by atoms with Crippen molar-refractivity contribution in [1.29, 1.82) is 0 Å². The van der Waals surface area contributed by atoms with Gasteiger partial charge >= 0.3 is 11.7 Å². The number of halogens is 1. The fourth-order valence-electron chi connectivity index (χ4n) is 4.47. The van der Waals surface area contributed by atoms with Crippen molar-refractivity contribution in [2.45, 2.75) is 32.2 Å². The number of fused-ring (bicyclic) bond motifs is 1. The smallest absolute Gasteiger partial charge is 0.349 e. The van der Waals surface area contributed by atoms with Crippen LogP contribution in [0.2, 0.25) is 5.02 Å². The van der Waals surface area contributed by atoms with E-state index in [1.165, 1.54) is 22.9 Å². The molecule has 164 valence electrons. The number of hydrogen-bond acceptors (Lipinski definition) is 5. The van der Waals surface area contributed by atoms with Crippen LogP contribution in [0.25, 0.3) is 11.0 Å². The Morgan fingerprint density at radius 3 is 2.48 bits per heavy atom. The zero-order valence-corrected chi connectivity index (χ0v) is 18.4. The molecule has 2 saturated heterocycles. The summed E-state index contributed by atoms with van der Waals surface area (Å²) in [6.07, 6.45) is 0.649. The Balaban J connectivity index is 1.58. The summed E-state index contributed by atoms with van der Waals surface area (Å²) in [6.45, 7) is 4.97. The van der Waals surface area contributed by atoms with Crippen molar-refractivity contribution in [2.24, 2.45) is 5.92 Å². The van der Waals surface area contributed by atoms with Gasteiger partial charge in [-0.1, -0.05) is 25.4 Å². The Morgan fingerprint density at radius 1 is 1.16 bits per heavy atom. The van der Waals surface area contributed by atoms with Crippen LogP contribution in [0.5, 0.6) is 0 Å². The maximum atomic E-state index is 13.1. The lowest BCUT2D eigenvalue weighted by Gasteiger charge is -2.42. The normalized spacial score (nSPS) is 18.7. The number of carbonyl (C=O) groups is 3. The maximum Gasteiger partial charge on any atom is 0.349 e. The van der Waals surface area contributed by atoms with E-state index in [2.05, 4.69) is 0 Å². The molecular weight excluding hydrogens is 422 g/mol. The van der Waals surface area contributed by atoms with E-state index < -0.39 is 17.1 Å². The summed E-state index contributed by atoms with van der Waals surface area (Å²) in [5.41, 5.74) is -1.37. The molecule has 0 aliphatic carbocycles. The molecule has 31 heavy (non-hydrogen) atoms. The molecule has 8 nitrogen and oxygen atoms in total. The van der Waals surface area contributed by atoms with E-state index in [0.29, 0.717) is 35.4 Å². The zero-order valence-electron chi connectivity index (χ0n) is 17.7. The number of carbonyl (C=O) groups excluding carboxylic acids is 3. The molecule has 0 bridgehead atoms. The number of rotatable bonds is 3. The Bertz CT molecular complexity index is 1130. The number of likely N-dealkylation sites (N-methyl/N-ethyl adjacent to an activating group) is 1. The third-order valence-electron chi connectivity index (χ3n) is 6.09. The van der Waals surface area contributed by atoms with E-state index in [9.17, 15) is 19.2 Å². The topological polar surface area (TPSA) is 91.1 Å². The fourth-order valence-corrected chi connectivity index (χ4v) is 4.65. The molecule has 4 amide bonds. The third-order valence-corrected chi connectivity index (χ3v) is 6.32. The largest absolute Gasteiger partial charge is 0.422 e. The van der Waals surface area contributed by atoms with E-state index in [1.54, 1.807) is 23.1 Å². The molecule has 4 rings (SSSR count). The van der Waals surface area contributed by atoms with Gasteiger partial charge in [-0.05, 0) is 43.0 Å². The highest BCUT2D eigenvalue weighted by atomic mass is 35.5. The van der Waals surface area contributed by atoms with Crippen LogP contribution in [0.1, 0.15) is 37.0 Å². The van der Waals surface area contributed by atoms with Gasteiger partial charge in [0.1, 0.15) is 16.7 Å². The second kappa shape index (κ2) is 7.67. The minimum Gasteiger partial charge on any atom is -0.422 e. The van der Waals surface area contributed by atoms with E-state index in [4.69, 9.17) is 16.0 Å². The van der Waals surface area contributed by atoms with E-state index in [0.717, 1.165) is 0 Å². The van der Waals surface area contributed by atoms with E-state index in [-0.39, 0.29) is 36.5 Å².